The second-order valence-electron chi connectivity index (χ2n) is 3.53. The maximum absolute atomic E-state index is 4.27. The second-order valence-corrected chi connectivity index (χ2v) is 3.53. The number of nitrogens with zero attached hydrogens (tertiary/aromatic N) is 5. The topological polar surface area (TPSA) is 48.1 Å². The van der Waals surface area contributed by atoms with E-state index in [4.69, 9.17) is 0 Å². The lowest BCUT2D eigenvalue weighted by atomic mass is 10.4. The summed E-state index contributed by atoms with van der Waals surface area (Å²) in [4.78, 5) is 2.10. The van der Waals surface area contributed by atoms with Crippen molar-refractivity contribution in [1.82, 2.24) is 25.0 Å². The van der Waals surface area contributed by atoms with Crippen LogP contribution in [0.1, 0.15) is 11.6 Å². The third-order valence-corrected chi connectivity index (χ3v) is 2.10. The van der Waals surface area contributed by atoms with Crippen molar-refractivity contribution in [3.8, 4) is 0 Å². The normalized spacial score (nSPS) is 16.2. The molecule has 13 heavy (non-hydrogen) atoms. The lowest BCUT2D eigenvalue weighted by Gasteiger charge is -2.16. The molecular weight excluding hydrogens is 166 g/mol. The van der Waals surface area contributed by atoms with E-state index in [0.29, 0.717) is 0 Å². The van der Waals surface area contributed by atoms with Gasteiger partial charge in [-0.15, -0.1) is 10.2 Å². The SMILES string of the molecule is CN(C)Cc1nnc2n1CC[N]C2. The van der Waals surface area contributed by atoms with Gasteiger partial charge in [0.15, 0.2) is 0 Å². The molecule has 0 amide bonds. The van der Waals surface area contributed by atoms with E-state index >= 15 is 0 Å². The van der Waals surface area contributed by atoms with Gasteiger partial charge in [-0.25, -0.2) is 5.32 Å². The monoisotopic (exact) mass is 180 g/mol. The van der Waals surface area contributed by atoms with Crippen LogP contribution >= 0.6 is 0 Å². The molecule has 71 valence electrons. The molecule has 0 N–H and O–H groups in total. The number of hydrogen-bond acceptors (Lipinski definition) is 3. The van der Waals surface area contributed by atoms with Crippen LogP contribution in [0, 0.1) is 0 Å². The Balaban J connectivity index is 2.21. The first-order valence-corrected chi connectivity index (χ1v) is 4.46. The first kappa shape index (κ1) is 8.65. The van der Waals surface area contributed by atoms with Gasteiger partial charge in [0.05, 0.1) is 13.1 Å². The van der Waals surface area contributed by atoms with Gasteiger partial charge in [-0.3, -0.25) is 0 Å². The number of hydrogen-bond donors (Lipinski definition) is 0. The van der Waals surface area contributed by atoms with Crippen molar-refractivity contribution in [3.63, 3.8) is 0 Å². The Morgan fingerprint density at radius 2 is 2.23 bits per heavy atom. The van der Waals surface area contributed by atoms with Gasteiger partial charge in [-0.05, 0) is 14.1 Å². The highest BCUT2D eigenvalue weighted by atomic mass is 15.3. The van der Waals surface area contributed by atoms with Crippen molar-refractivity contribution < 1.29 is 0 Å². The van der Waals surface area contributed by atoms with Gasteiger partial charge in [0.2, 0.25) is 0 Å². The zero-order valence-electron chi connectivity index (χ0n) is 8.06. The fourth-order valence-corrected chi connectivity index (χ4v) is 1.50. The van der Waals surface area contributed by atoms with Crippen molar-refractivity contribution in [2.75, 3.05) is 20.6 Å². The minimum Gasteiger partial charge on any atom is -0.311 e. The Bertz CT molecular complexity index is 291. The lowest BCUT2D eigenvalue weighted by molar-refractivity contribution is 0.372. The van der Waals surface area contributed by atoms with Gasteiger partial charge in [0.25, 0.3) is 0 Å². The fourth-order valence-electron chi connectivity index (χ4n) is 1.50. The smallest absolute Gasteiger partial charge is 0.148 e. The van der Waals surface area contributed by atoms with Crippen LogP contribution in [0.3, 0.4) is 0 Å². The average molecular weight is 180 g/mol. The summed E-state index contributed by atoms with van der Waals surface area (Å²) in [5.41, 5.74) is 0. The molecule has 0 saturated carbocycles. The Kier molecular flexibility index (Phi) is 2.28. The van der Waals surface area contributed by atoms with Gasteiger partial charge in [0, 0.05) is 13.1 Å². The first-order valence-electron chi connectivity index (χ1n) is 4.46. The summed E-state index contributed by atoms with van der Waals surface area (Å²) in [5.74, 6) is 2.05. The van der Waals surface area contributed by atoms with Crippen molar-refractivity contribution in [3.05, 3.63) is 11.6 Å². The van der Waals surface area contributed by atoms with Crippen LogP contribution in [0.5, 0.6) is 0 Å². The number of rotatable bonds is 2. The molecule has 0 fully saturated rings. The molecule has 5 nitrogen and oxygen atoms in total. The molecule has 0 aliphatic carbocycles. The van der Waals surface area contributed by atoms with E-state index in [-0.39, 0.29) is 0 Å². The van der Waals surface area contributed by atoms with Crippen molar-refractivity contribution in [2.45, 2.75) is 19.6 Å². The van der Waals surface area contributed by atoms with E-state index in [1.807, 2.05) is 14.1 Å². The summed E-state index contributed by atoms with van der Waals surface area (Å²) >= 11 is 0. The standard InChI is InChI=1S/C8H14N5/c1-12(2)6-8-11-10-7-5-9-3-4-13(7)8/h3-6H2,1-2H3. The van der Waals surface area contributed by atoms with Crippen LogP contribution in [0.15, 0.2) is 0 Å². The summed E-state index contributed by atoms with van der Waals surface area (Å²) in [5, 5.41) is 12.5. The van der Waals surface area contributed by atoms with E-state index < -0.39 is 0 Å². The molecule has 1 radical (unpaired) electrons. The summed E-state index contributed by atoms with van der Waals surface area (Å²) in [6.45, 7) is 3.41. The molecule has 0 atom stereocenters. The predicted octanol–water partition coefficient (Wildman–Crippen LogP) is -0.542. The maximum Gasteiger partial charge on any atom is 0.148 e. The molecule has 1 aromatic heterocycles. The number of aromatic nitrogens is 3. The molecule has 1 aromatic rings. The van der Waals surface area contributed by atoms with Crippen LogP contribution in [-0.2, 0) is 19.6 Å². The minimum atomic E-state index is 0.723. The van der Waals surface area contributed by atoms with Gasteiger partial charge >= 0.3 is 0 Å². The average Bonchev–Trinajstić information content (AvgIpc) is 2.48. The summed E-state index contributed by atoms with van der Waals surface area (Å²) in [6, 6.07) is 0. The Hall–Kier alpha value is -0.940. The van der Waals surface area contributed by atoms with Gasteiger partial charge in [0.1, 0.15) is 11.6 Å². The van der Waals surface area contributed by atoms with E-state index in [1.54, 1.807) is 0 Å². The molecule has 2 heterocycles. The van der Waals surface area contributed by atoms with Crippen LogP contribution in [0.4, 0.5) is 0 Å². The highest BCUT2D eigenvalue weighted by Gasteiger charge is 2.15. The van der Waals surface area contributed by atoms with Crippen LogP contribution in [-0.4, -0.2) is 40.3 Å². The summed E-state index contributed by atoms with van der Waals surface area (Å²) in [7, 11) is 4.07. The Morgan fingerprint density at radius 1 is 1.38 bits per heavy atom. The lowest BCUT2D eigenvalue weighted by Crippen LogP contribution is -2.25. The predicted molar refractivity (Wildman–Crippen MR) is 48.1 cm³/mol. The van der Waals surface area contributed by atoms with Gasteiger partial charge in [-0.2, -0.15) is 0 Å². The molecule has 0 aromatic carbocycles. The summed E-state index contributed by atoms with van der Waals surface area (Å²) in [6.07, 6.45) is 0. The molecule has 1 aliphatic rings. The third kappa shape index (κ3) is 1.71. The zero-order valence-corrected chi connectivity index (χ0v) is 8.06. The van der Waals surface area contributed by atoms with E-state index in [9.17, 15) is 0 Å². The van der Waals surface area contributed by atoms with E-state index in [2.05, 4.69) is 25.0 Å². The van der Waals surface area contributed by atoms with Crippen LogP contribution in [0.2, 0.25) is 0 Å². The third-order valence-electron chi connectivity index (χ3n) is 2.10. The molecule has 0 spiro atoms. The Morgan fingerprint density at radius 3 is 3.00 bits per heavy atom. The highest BCUT2D eigenvalue weighted by Crippen LogP contribution is 2.07. The van der Waals surface area contributed by atoms with Gasteiger partial charge in [-0.1, -0.05) is 0 Å². The van der Waals surface area contributed by atoms with E-state index in [0.717, 1.165) is 37.8 Å². The summed E-state index contributed by atoms with van der Waals surface area (Å²) < 4.78 is 2.17. The largest absolute Gasteiger partial charge is 0.311 e. The first-order chi connectivity index (χ1) is 6.27. The zero-order chi connectivity index (χ0) is 9.26. The molecule has 0 bridgehead atoms. The fraction of sp³-hybridized carbons (Fsp3) is 0.750. The minimum absolute atomic E-state index is 0.723. The van der Waals surface area contributed by atoms with Crippen molar-refractivity contribution >= 4 is 0 Å². The molecule has 2 rings (SSSR count). The quantitative estimate of drug-likeness (QED) is 0.614. The number of fused-ring (bicyclic) bond motifs is 1. The molecule has 5 heteroatoms. The molecule has 1 aliphatic heterocycles. The molecular formula is C8H14N5. The maximum atomic E-state index is 4.27. The second kappa shape index (κ2) is 3.43. The highest BCUT2D eigenvalue weighted by molar-refractivity contribution is 4.98. The van der Waals surface area contributed by atoms with Crippen LogP contribution in [0.25, 0.3) is 0 Å². The molecule has 0 unspecified atom stereocenters. The van der Waals surface area contributed by atoms with Gasteiger partial charge < -0.3 is 9.47 Å². The van der Waals surface area contributed by atoms with Crippen molar-refractivity contribution in [2.24, 2.45) is 0 Å². The van der Waals surface area contributed by atoms with Crippen molar-refractivity contribution in [1.29, 1.82) is 0 Å². The Labute approximate surface area is 77.8 Å². The van der Waals surface area contributed by atoms with E-state index in [1.165, 1.54) is 0 Å². The van der Waals surface area contributed by atoms with Crippen LogP contribution < -0.4 is 5.32 Å². The molecule has 0 saturated heterocycles.